The average Bonchev–Trinajstić information content (AvgIpc) is 3.29. The Morgan fingerprint density at radius 3 is 2.46 bits per heavy atom. The molecule has 0 radical (unpaired) electrons. The van der Waals surface area contributed by atoms with Crippen molar-refractivity contribution in [3.63, 3.8) is 0 Å². The van der Waals surface area contributed by atoms with E-state index >= 15 is 0 Å². The van der Waals surface area contributed by atoms with Crippen LogP contribution in [-0.4, -0.2) is 51.5 Å². The summed E-state index contributed by atoms with van der Waals surface area (Å²) >= 11 is 2.94. The van der Waals surface area contributed by atoms with Gasteiger partial charge in [-0.1, -0.05) is 11.8 Å². The molecule has 0 aliphatic carbocycles. The van der Waals surface area contributed by atoms with Crippen molar-refractivity contribution in [2.75, 3.05) is 30.2 Å². The van der Waals surface area contributed by atoms with Gasteiger partial charge in [-0.15, -0.1) is 10.2 Å². The van der Waals surface area contributed by atoms with E-state index in [1.54, 1.807) is 43.1 Å². The summed E-state index contributed by atoms with van der Waals surface area (Å²) in [5.74, 6) is 1.45. The van der Waals surface area contributed by atoms with Gasteiger partial charge in [0.15, 0.2) is 11.0 Å². The van der Waals surface area contributed by atoms with E-state index in [0.717, 1.165) is 5.75 Å². The molecule has 1 atom stereocenters. The van der Waals surface area contributed by atoms with Gasteiger partial charge in [0.1, 0.15) is 11.6 Å². The van der Waals surface area contributed by atoms with Gasteiger partial charge in [0.2, 0.25) is 5.91 Å². The third-order valence-electron chi connectivity index (χ3n) is 5.10. The molecule has 0 saturated carbocycles. The van der Waals surface area contributed by atoms with Gasteiger partial charge in [0.25, 0.3) is 5.91 Å². The first-order valence-electron chi connectivity index (χ1n) is 11.0. The zero-order valence-electron chi connectivity index (χ0n) is 19.8. The summed E-state index contributed by atoms with van der Waals surface area (Å²) in [4.78, 5) is 25.3. The first-order valence-corrected chi connectivity index (χ1v) is 13.4. The number of hydrogen-bond acceptors (Lipinski definition) is 7. The third-order valence-corrected chi connectivity index (χ3v) is 6.71. The molecule has 1 heterocycles. The first kappa shape index (κ1) is 26.6. The SMILES string of the molecule is CCn1c(SCC(=O)Nc2ccc(F)cc2)nnc1[C@H](CCSC)NC(=O)c1ccc(OC)cc1. The van der Waals surface area contributed by atoms with Crippen molar-refractivity contribution in [3.05, 3.63) is 65.7 Å². The van der Waals surface area contributed by atoms with Crippen LogP contribution in [0.15, 0.2) is 53.7 Å². The number of benzene rings is 2. The van der Waals surface area contributed by atoms with Gasteiger partial charge in [-0.3, -0.25) is 9.59 Å². The molecule has 3 rings (SSSR count). The van der Waals surface area contributed by atoms with Crippen LogP contribution < -0.4 is 15.4 Å². The average molecular weight is 518 g/mol. The van der Waals surface area contributed by atoms with E-state index in [-0.39, 0.29) is 29.4 Å². The normalized spacial score (nSPS) is 11.7. The quantitative estimate of drug-likeness (QED) is 0.344. The second kappa shape index (κ2) is 13.1. The molecular weight excluding hydrogens is 489 g/mol. The van der Waals surface area contributed by atoms with Crippen molar-refractivity contribution in [3.8, 4) is 5.75 Å². The van der Waals surface area contributed by atoms with Gasteiger partial charge in [-0.2, -0.15) is 11.8 Å². The predicted octanol–water partition coefficient (Wildman–Crippen LogP) is 4.40. The largest absolute Gasteiger partial charge is 0.497 e. The number of anilines is 1. The zero-order chi connectivity index (χ0) is 25.2. The highest BCUT2D eigenvalue weighted by Gasteiger charge is 2.23. The number of rotatable bonds is 12. The lowest BCUT2D eigenvalue weighted by atomic mass is 10.1. The molecule has 0 aliphatic heterocycles. The minimum Gasteiger partial charge on any atom is -0.497 e. The van der Waals surface area contributed by atoms with E-state index in [1.807, 2.05) is 17.7 Å². The molecule has 2 aromatic carbocycles. The molecule has 1 aromatic heterocycles. The second-order valence-corrected chi connectivity index (χ2v) is 9.39. The Balaban J connectivity index is 1.70. The van der Waals surface area contributed by atoms with Crippen LogP contribution in [0.25, 0.3) is 0 Å². The number of nitrogens with zero attached hydrogens (tertiary/aromatic N) is 3. The summed E-state index contributed by atoms with van der Waals surface area (Å²) < 4.78 is 20.1. The molecule has 0 spiro atoms. The highest BCUT2D eigenvalue weighted by Crippen LogP contribution is 2.24. The summed E-state index contributed by atoms with van der Waals surface area (Å²) in [5, 5.41) is 15.0. The number of amides is 2. The van der Waals surface area contributed by atoms with Crippen molar-refractivity contribution in [1.82, 2.24) is 20.1 Å². The summed E-state index contributed by atoms with van der Waals surface area (Å²) in [5.41, 5.74) is 1.04. The van der Waals surface area contributed by atoms with Crippen LogP contribution in [0.2, 0.25) is 0 Å². The van der Waals surface area contributed by atoms with Crippen LogP contribution in [0.3, 0.4) is 0 Å². The van der Waals surface area contributed by atoms with E-state index in [4.69, 9.17) is 4.74 Å². The predicted molar refractivity (Wildman–Crippen MR) is 138 cm³/mol. The van der Waals surface area contributed by atoms with E-state index in [9.17, 15) is 14.0 Å². The maximum atomic E-state index is 13.1. The van der Waals surface area contributed by atoms with Crippen LogP contribution in [0, 0.1) is 5.82 Å². The van der Waals surface area contributed by atoms with Crippen LogP contribution in [0.1, 0.15) is 35.6 Å². The summed E-state index contributed by atoms with van der Waals surface area (Å²) in [7, 11) is 1.58. The number of hydrogen-bond donors (Lipinski definition) is 2. The molecule has 0 fully saturated rings. The smallest absolute Gasteiger partial charge is 0.251 e. The van der Waals surface area contributed by atoms with E-state index in [0.29, 0.717) is 40.9 Å². The molecule has 11 heteroatoms. The summed E-state index contributed by atoms with van der Waals surface area (Å²) in [6.45, 7) is 2.55. The topological polar surface area (TPSA) is 98.1 Å². The molecule has 0 aliphatic rings. The minimum atomic E-state index is -0.365. The first-order chi connectivity index (χ1) is 16.9. The van der Waals surface area contributed by atoms with Gasteiger partial charge in [-0.25, -0.2) is 4.39 Å². The number of nitrogens with one attached hydrogen (secondary N) is 2. The molecule has 8 nitrogen and oxygen atoms in total. The Bertz CT molecular complexity index is 1120. The zero-order valence-corrected chi connectivity index (χ0v) is 21.4. The lowest BCUT2D eigenvalue weighted by Crippen LogP contribution is -2.31. The number of halogens is 1. The van der Waals surface area contributed by atoms with Crippen LogP contribution in [0.4, 0.5) is 10.1 Å². The molecular formula is C24H28FN5O3S2. The number of aromatic nitrogens is 3. The van der Waals surface area contributed by atoms with Crippen molar-refractivity contribution in [2.45, 2.75) is 31.1 Å². The van der Waals surface area contributed by atoms with Crippen LogP contribution in [-0.2, 0) is 11.3 Å². The maximum absolute atomic E-state index is 13.1. The molecule has 2 N–H and O–H groups in total. The number of carbonyl (C=O) groups excluding carboxylic acids is 2. The van der Waals surface area contributed by atoms with Crippen molar-refractivity contribution in [2.24, 2.45) is 0 Å². The fourth-order valence-electron chi connectivity index (χ4n) is 3.31. The lowest BCUT2D eigenvalue weighted by Gasteiger charge is -2.19. The maximum Gasteiger partial charge on any atom is 0.251 e. The van der Waals surface area contributed by atoms with Gasteiger partial charge in [0.05, 0.1) is 18.9 Å². The molecule has 3 aromatic rings. The Morgan fingerprint density at radius 1 is 1.11 bits per heavy atom. The van der Waals surface area contributed by atoms with Gasteiger partial charge < -0.3 is 19.9 Å². The summed E-state index contributed by atoms with van der Waals surface area (Å²) in [6, 6.07) is 12.2. The highest BCUT2D eigenvalue weighted by molar-refractivity contribution is 7.99. The van der Waals surface area contributed by atoms with Crippen molar-refractivity contribution < 1.29 is 18.7 Å². The Kier molecular flexibility index (Phi) is 9.98. The second-order valence-electron chi connectivity index (χ2n) is 7.46. The monoisotopic (exact) mass is 517 g/mol. The Labute approximate surface area is 212 Å². The number of carbonyl (C=O) groups is 2. The van der Waals surface area contributed by atoms with E-state index < -0.39 is 0 Å². The van der Waals surface area contributed by atoms with Gasteiger partial charge in [-0.05, 0) is 73.9 Å². The number of thioether (sulfide) groups is 2. The van der Waals surface area contributed by atoms with Crippen LogP contribution in [0.5, 0.6) is 5.75 Å². The van der Waals surface area contributed by atoms with E-state index in [1.165, 1.54) is 36.0 Å². The van der Waals surface area contributed by atoms with Crippen molar-refractivity contribution >= 4 is 41.0 Å². The fraction of sp³-hybridized carbons (Fsp3) is 0.333. The van der Waals surface area contributed by atoms with E-state index in [2.05, 4.69) is 20.8 Å². The lowest BCUT2D eigenvalue weighted by molar-refractivity contribution is -0.113. The molecule has 2 amide bonds. The highest BCUT2D eigenvalue weighted by atomic mass is 32.2. The van der Waals surface area contributed by atoms with Gasteiger partial charge in [0, 0.05) is 17.8 Å². The summed E-state index contributed by atoms with van der Waals surface area (Å²) in [6.07, 6.45) is 2.69. The Morgan fingerprint density at radius 2 is 1.83 bits per heavy atom. The van der Waals surface area contributed by atoms with Gasteiger partial charge >= 0.3 is 0 Å². The molecule has 35 heavy (non-hydrogen) atoms. The van der Waals surface area contributed by atoms with Crippen molar-refractivity contribution in [1.29, 1.82) is 0 Å². The number of ether oxygens (including phenoxy) is 1. The molecule has 0 saturated heterocycles. The molecule has 186 valence electrons. The third kappa shape index (κ3) is 7.46. The minimum absolute atomic E-state index is 0.114. The Hall–Kier alpha value is -3.05. The fourth-order valence-corrected chi connectivity index (χ4v) is 4.59. The molecule has 0 bridgehead atoms. The van der Waals surface area contributed by atoms with Crippen LogP contribution >= 0.6 is 23.5 Å². The molecule has 0 unspecified atom stereocenters. The number of methoxy groups -OCH3 is 1. The standard InChI is InChI=1S/C24H28FN5O3S2/c1-4-30-22(20(13-14-34-3)27-23(32)16-5-11-19(33-2)12-6-16)28-29-24(30)35-15-21(31)26-18-9-7-17(25)8-10-18/h5-12,20H,4,13-15H2,1-3H3,(H,26,31)(H,27,32)/t20-/m0/s1.